The van der Waals surface area contributed by atoms with Gasteiger partial charge in [0.15, 0.2) is 0 Å². The highest BCUT2D eigenvalue weighted by Gasteiger charge is 2.43. The van der Waals surface area contributed by atoms with E-state index in [1.54, 1.807) is 0 Å². The number of alkyl halides is 3. The maximum Gasteiger partial charge on any atom is 0.393 e. The number of halogens is 3. The van der Waals surface area contributed by atoms with Crippen LogP contribution in [0.5, 0.6) is 0 Å². The number of hydrogen-bond donors (Lipinski definition) is 2. The first-order chi connectivity index (χ1) is 9.93. The summed E-state index contributed by atoms with van der Waals surface area (Å²) < 4.78 is 37.7. The summed E-state index contributed by atoms with van der Waals surface area (Å²) in [7, 11) is 0. The van der Waals surface area contributed by atoms with Crippen molar-refractivity contribution in [2.24, 2.45) is 23.7 Å². The molecule has 6 heteroatoms. The van der Waals surface area contributed by atoms with Crippen LogP contribution in [-0.4, -0.2) is 31.2 Å². The highest BCUT2D eigenvalue weighted by molar-refractivity contribution is 5.81. The van der Waals surface area contributed by atoms with Crippen molar-refractivity contribution in [1.82, 2.24) is 10.6 Å². The Hall–Kier alpha value is -0.780. The van der Waals surface area contributed by atoms with E-state index >= 15 is 0 Å². The van der Waals surface area contributed by atoms with E-state index in [0.29, 0.717) is 12.5 Å². The van der Waals surface area contributed by atoms with Gasteiger partial charge in [0.2, 0.25) is 5.91 Å². The van der Waals surface area contributed by atoms with Gasteiger partial charge in [-0.05, 0) is 49.9 Å². The van der Waals surface area contributed by atoms with E-state index in [1.807, 2.05) is 0 Å². The molecular formula is C15H23F3N2O. The predicted molar refractivity (Wildman–Crippen MR) is 72.5 cm³/mol. The van der Waals surface area contributed by atoms with Crippen molar-refractivity contribution >= 4 is 5.91 Å². The molecule has 1 aliphatic heterocycles. The fraction of sp³-hybridized carbons (Fsp3) is 0.933. The summed E-state index contributed by atoms with van der Waals surface area (Å²) in [6, 6.07) is -0.456. The van der Waals surface area contributed by atoms with Crippen LogP contribution in [0.25, 0.3) is 0 Å². The lowest BCUT2D eigenvalue weighted by atomic mass is 9.88. The van der Waals surface area contributed by atoms with Crippen molar-refractivity contribution in [3.63, 3.8) is 0 Å². The number of rotatable bonds is 3. The number of carbonyl (C=O) groups is 1. The molecule has 1 heterocycles. The van der Waals surface area contributed by atoms with Gasteiger partial charge in [0, 0.05) is 13.1 Å². The highest BCUT2D eigenvalue weighted by Crippen LogP contribution is 2.47. The smallest absolute Gasteiger partial charge is 0.354 e. The molecule has 0 aromatic rings. The van der Waals surface area contributed by atoms with Crippen LogP contribution in [0.1, 0.15) is 38.5 Å². The first-order valence-corrected chi connectivity index (χ1v) is 8.01. The molecule has 2 bridgehead atoms. The summed E-state index contributed by atoms with van der Waals surface area (Å²) in [6.45, 7) is 0.552. The zero-order valence-electron chi connectivity index (χ0n) is 12.1. The van der Waals surface area contributed by atoms with Gasteiger partial charge in [0.25, 0.3) is 0 Å². The van der Waals surface area contributed by atoms with Crippen LogP contribution in [-0.2, 0) is 4.79 Å². The lowest BCUT2D eigenvalue weighted by molar-refractivity contribution is -0.180. The van der Waals surface area contributed by atoms with E-state index in [-0.39, 0.29) is 25.3 Å². The monoisotopic (exact) mass is 304 g/mol. The second-order valence-corrected chi connectivity index (χ2v) is 6.96. The van der Waals surface area contributed by atoms with Crippen LogP contribution in [0, 0.1) is 23.7 Å². The Balaban J connectivity index is 1.40. The molecule has 21 heavy (non-hydrogen) atoms. The summed E-state index contributed by atoms with van der Waals surface area (Å²) in [5.74, 6) is 0.742. The molecule has 1 saturated heterocycles. The molecule has 0 spiro atoms. The molecule has 3 rings (SSSR count). The van der Waals surface area contributed by atoms with Gasteiger partial charge >= 0.3 is 6.18 Å². The van der Waals surface area contributed by atoms with Crippen LogP contribution >= 0.6 is 0 Å². The second-order valence-electron chi connectivity index (χ2n) is 6.96. The largest absolute Gasteiger partial charge is 0.393 e. The molecule has 5 atom stereocenters. The Bertz CT molecular complexity index is 391. The minimum atomic E-state index is -4.16. The molecule has 0 aromatic carbocycles. The Morgan fingerprint density at radius 1 is 1.14 bits per heavy atom. The minimum absolute atomic E-state index is 0.0444. The standard InChI is InChI=1S/C15H23F3N2O/c16-15(17,18)12-3-4-13(19-8-12)14(21)20-7-11-6-9-1-2-10(11)5-9/h9-13,19H,1-8H2,(H,20,21). The van der Waals surface area contributed by atoms with E-state index in [9.17, 15) is 18.0 Å². The molecule has 3 aliphatic rings. The molecule has 5 unspecified atom stereocenters. The molecule has 2 aliphatic carbocycles. The topological polar surface area (TPSA) is 41.1 Å². The first kappa shape index (κ1) is 15.1. The molecule has 2 saturated carbocycles. The normalized spacial score (nSPS) is 39.5. The highest BCUT2D eigenvalue weighted by atomic mass is 19.4. The van der Waals surface area contributed by atoms with E-state index in [1.165, 1.54) is 25.7 Å². The van der Waals surface area contributed by atoms with Crippen LogP contribution in [0.2, 0.25) is 0 Å². The maximum atomic E-state index is 12.6. The SMILES string of the molecule is O=C(NCC1CC2CCC1C2)C1CCC(C(F)(F)F)CN1. The Kier molecular flexibility index (Phi) is 4.17. The first-order valence-electron chi connectivity index (χ1n) is 8.01. The van der Waals surface area contributed by atoms with Gasteiger partial charge in [-0.2, -0.15) is 13.2 Å². The summed E-state index contributed by atoms with van der Waals surface area (Å²) in [6.07, 6.45) is 1.28. The molecule has 120 valence electrons. The number of fused-ring (bicyclic) bond motifs is 2. The van der Waals surface area contributed by atoms with Gasteiger partial charge in [-0.25, -0.2) is 0 Å². The van der Waals surface area contributed by atoms with Crippen molar-refractivity contribution in [2.75, 3.05) is 13.1 Å². The van der Waals surface area contributed by atoms with Gasteiger partial charge in [-0.3, -0.25) is 4.79 Å². The zero-order chi connectivity index (χ0) is 15.0. The average Bonchev–Trinajstić information content (AvgIpc) is 3.06. The molecule has 0 aromatic heterocycles. The van der Waals surface area contributed by atoms with Gasteiger partial charge in [-0.1, -0.05) is 6.42 Å². The molecule has 3 fully saturated rings. The van der Waals surface area contributed by atoms with E-state index < -0.39 is 18.1 Å². The van der Waals surface area contributed by atoms with Gasteiger partial charge < -0.3 is 10.6 Å². The third-order valence-electron chi connectivity index (χ3n) is 5.62. The van der Waals surface area contributed by atoms with E-state index in [4.69, 9.17) is 0 Å². The summed E-state index contributed by atoms with van der Waals surface area (Å²) >= 11 is 0. The molecular weight excluding hydrogens is 281 g/mol. The maximum absolute atomic E-state index is 12.6. The van der Waals surface area contributed by atoms with Gasteiger partial charge in [-0.15, -0.1) is 0 Å². The fourth-order valence-electron chi connectivity index (χ4n) is 4.34. The minimum Gasteiger partial charge on any atom is -0.354 e. The van der Waals surface area contributed by atoms with E-state index in [2.05, 4.69) is 10.6 Å². The quantitative estimate of drug-likeness (QED) is 0.841. The Morgan fingerprint density at radius 3 is 2.48 bits per heavy atom. The molecule has 3 nitrogen and oxygen atoms in total. The molecule has 0 radical (unpaired) electrons. The predicted octanol–water partition coefficient (Wildman–Crippen LogP) is 2.47. The number of piperidine rings is 1. The van der Waals surface area contributed by atoms with Crippen LogP contribution in [0.4, 0.5) is 13.2 Å². The molecule has 1 amide bonds. The molecule has 2 N–H and O–H groups in total. The average molecular weight is 304 g/mol. The lowest BCUT2D eigenvalue weighted by Crippen LogP contribution is -2.52. The third kappa shape index (κ3) is 3.35. The second kappa shape index (κ2) is 5.78. The van der Waals surface area contributed by atoms with E-state index in [0.717, 1.165) is 11.8 Å². The Morgan fingerprint density at radius 2 is 1.95 bits per heavy atom. The van der Waals surface area contributed by atoms with Crippen molar-refractivity contribution in [1.29, 1.82) is 0 Å². The number of carbonyl (C=O) groups excluding carboxylic acids is 1. The lowest BCUT2D eigenvalue weighted by Gasteiger charge is -2.31. The van der Waals surface area contributed by atoms with Crippen LogP contribution in [0.3, 0.4) is 0 Å². The summed E-state index contributed by atoms with van der Waals surface area (Å²) in [5, 5.41) is 5.70. The fourth-order valence-corrected chi connectivity index (χ4v) is 4.34. The van der Waals surface area contributed by atoms with Crippen LogP contribution in [0.15, 0.2) is 0 Å². The van der Waals surface area contributed by atoms with Gasteiger partial charge in [0.1, 0.15) is 0 Å². The van der Waals surface area contributed by atoms with Crippen molar-refractivity contribution in [3.05, 3.63) is 0 Å². The van der Waals surface area contributed by atoms with Crippen molar-refractivity contribution in [2.45, 2.75) is 50.7 Å². The number of amides is 1. The third-order valence-corrected chi connectivity index (χ3v) is 5.62. The summed E-state index contributed by atoms with van der Waals surface area (Å²) in [5.41, 5.74) is 0. The van der Waals surface area contributed by atoms with Crippen molar-refractivity contribution in [3.8, 4) is 0 Å². The van der Waals surface area contributed by atoms with Crippen LogP contribution < -0.4 is 10.6 Å². The Labute approximate surface area is 123 Å². The summed E-state index contributed by atoms with van der Waals surface area (Å²) in [4.78, 5) is 12.1. The van der Waals surface area contributed by atoms with Crippen molar-refractivity contribution < 1.29 is 18.0 Å². The van der Waals surface area contributed by atoms with Gasteiger partial charge in [0.05, 0.1) is 12.0 Å². The number of hydrogen-bond acceptors (Lipinski definition) is 2. The number of nitrogens with one attached hydrogen (secondary N) is 2. The zero-order valence-corrected chi connectivity index (χ0v) is 12.1.